The minimum atomic E-state index is -0.397. The molecule has 0 aliphatic carbocycles. The third-order valence-electron chi connectivity index (χ3n) is 2.81. The molecule has 2 aromatic carbocycles. The zero-order valence-electron chi connectivity index (χ0n) is 10.8. The third-order valence-corrected chi connectivity index (χ3v) is 3.42. The molecule has 0 aliphatic heterocycles. The predicted octanol–water partition coefficient (Wildman–Crippen LogP) is 5.09. The lowest BCUT2D eigenvalue weighted by molar-refractivity contribution is 0.469. The summed E-state index contributed by atoms with van der Waals surface area (Å²) in [5, 5.41) is 0. The molecule has 0 amide bonds. The molecule has 0 atom stereocenters. The van der Waals surface area contributed by atoms with Crippen molar-refractivity contribution in [2.45, 2.75) is 19.8 Å². The van der Waals surface area contributed by atoms with Gasteiger partial charge in [-0.1, -0.05) is 32.0 Å². The zero-order valence-corrected chi connectivity index (χ0v) is 12.4. The van der Waals surface area contributed by atoms with Gasteiger partial charge in [0.25, 0.3) is 0 Å². The minimum Gasteiger partial charge on any atom is -0.455 e. The first kappa shape index (κ1) is 13.9. The molecule has 2 aromatic rings. The van der Waals surface area contributed by atoms with Crippen molar-refractivity contribution in [1.29, 1.82) is 0 Å². The molecule has 2 rings (SSSR count). The minimum absolute atomic E-state index is 0.317. The van der Waals surface area contributed by atoms with Crippen molar-refractivity contribution < 1.29 is 9.13 Å². The van der Waals surface area contributed by atoms with Gasteiger partial charge in [-0.2, -0.15) is 0 Å². The van der Waals surface area contributed by atoms with Crippen LogP contribution in [0.25, 0.3) is 0 Å². The smallest absolute Gasteiger partial charge is 0.153 e. The van der Waals surface area contributed by atoms with E-state index >= 15 is 0 Å². The second kappa shape index (κ2) is 5.61. The Labute approximate surface area is 120 Å². The second-order valence-electron chi connectivity index (χ2n) is 4.60. The van der Waals surface area contributed by atoms with E-state index in [-0.39, 0.29) is 0 Å². The van der Waals surface area contributed by atoms with Crippen LogP contribution >= 0.6 is 15.9 Å². The number of anilines is 1. The van der Waals surface area contributed by atoms with Gasteiger partial charge in [-0.25, -0.2) is 4.39 Å². The van der Waals surface area contributed by atoms with Crippen LogP contribution in [0.4, 0.5) is 10.1 Å². The van der Waals surface area contributed by atoms with Crippen LogP contribution in [0.5, 0.6) is 11.5 Å². The Hall–Kier alpha value is -1.55. The lowest BCUT2D eigenvalue weighted by Gasteiger charge is -2.15. The van der Waals surface area contributed by atoms with Crippen LogP contribution in [0.2, 0.25) is 0 Å². The van der Waals surface area contributed by atoms with E-state index < -0.39 is 5.82 Å². The summed E-state index contributed by atoms with van der Waals surface area (Å²) in [5.74, 6) is 0.948. The van der Waals surface area contributed by atoms with E-state index in [9.17, 15) is 4.39 Å². The van der Waals surface area contributed by atoms with Crippen molar-refractivity contribution in [3.05, 3.63) is 52.3 Å². The summed E-state index contributed by atoms with van der Waals surface area (Å²) >= 11 is 3.09. The van der Waals surface area contributed by atoms with Crippen LogP contribution in [0, 0.1) is 5.82 Å². The highest BCUT2D eigenvalue weighted by Crippen LogP contribution is 2.35. The molecule has 0 aliphatic rings. The number of hydrogen-bond acceptors (Lipinski definition) is 2. The van der Waals surface area contributed by atoms with Crippen LogP contribution in [0.1, 0.15) is 25.3 Å². The summed E-state index contributed by atoms with van der Waals surface area (Å²) in [5.41, 5.74) is 7.30. The highest BCUT2D eigenvalue weighted by atomic mass is 79.9. The average Bonchev–Trinajstić information content (AvgIpc) is 2.36. The fourth-order valence-electron chi connectivity index (χ4n) is 1.80. The number of ether oxygens (including phenoxy) is 1. The van der Waals surface area contributed by atoms with E-state index in [1.807, 2.05) is 24.3 Å². The standard InChI is InChI=1S/C15H15BrFNO/c1-9(2)10-5-3-4-6-14(10)19-15-8-12(17)11(16)7-13(15)18/h3-9H,18H2,1-2H3. The molecule has 100 valence electrons. The lowest BCUT2D eigenvalue weighted by Crippen LogP contribution is -1.97. The van der Waals surface area contributed by atoms with E-state index in [4.69, 9.17) is 10.5 Å². The van der Waals surface area contributed by atoms with Gasteiger partial charge >= 0.3 is 0 Å². The van der Waals surface area contributed by atoms with Gasteiger partial charge in [-0.3, -0.25) is 0 Å². The summed E-state index contributed by atoms with van der Waals surface area (Å²) in [4.78, 5) is 0. The largest absolute Gasteiger partial charge is 0.455 e. The number of nitrogen functional groups attached to an aromatic ring is 1. The van der Waals surface area contributed by atoms with Crippen molar-refractivity contribution in [1.82, 2.24) is 0 Å². The summed E-state index contributed by atoms with van der Waals surface area (Å²) in [6, 6.07) is 10.5. The fraction of sp³-hybridized carbons (Fsp3) is 0.200. The number of benzene rings is 2. The molecule has 0 bridgehead atoms. The van der Waals surface area contributed by atoms with Gasteiger partial charge in [-0.05, 0) is 39.5 Å². The van der Waals surface area contributed by atoms with Crippen LogP contribution in [0.15, 0.2) is 40.9 Å². The maximum absolute atomic E-state index is 13.5. The molecule has 0 saturated heterocycles. The zero-order chi connectivity index (χ0) is 14.0. The van der Waals surface area contributed by atoms with Crippen molar-refractivity contribution in [2.24, 2.45) is 0 Å². The second-order valence-corrected chi connectivity index (χ2v) is 5.45. The lowest BCUT2D eigenvalue weighted by atomic mass is 10.0. The molecule has 0 fully saturated rings. The Balaban J connectivity index is 2.39. The monoisotopic (exact) mass is 323 g/mol. The molecule has 2 N–H and O–H groups in total. The first-order chi connectivity index (χ1) is 8.99. The molecule has 0 unspecified atom stereocenters. The number of nitrogens with two attached hydrogens (primary N) is 1. The van der Waals surface area contributed by atoms with Gasteiger partial charge in [0, 0.05) is 6.07 Å². The first-order valence-corrected chi connectivity index (χ1v) is 6.79. The number of rotatable bonds is 3. The molecule has 0 aromatic heterocycles. The van der Waals surface area contributed by atoms with Crippen molar-refractivity contribution in [2.75, 3.05) is 5.73 Å². The van der Waals surface area contributed by atoms with E-state index in [2.05, 4.69) is 29.8 Å². The van der Waals surface area contributed by atoms with Gasteiger partial charge in [0.1, 0.15) is 11.6 Å². The van der Waals surface area contributed by atoms with Gasteiger partial charge in [-0.15, -0.1) is 0 Å². The summed E-state index contributed by atoms with van der Waals surface area (Å²) in [7, 11) is 0. The van der Waals surface area contributed by atoms with Crippen molar-refractivity contribution >= 4 is 21.6 Å². The Morgan fingerprint density at radius 2 is 1.84 bits per heavy atom. The molecular formula is C15H15BrFNO. The average molecular weight is 324 g/mol. The molecule has 4 heteroatoms. The van der Waals surface area contributed by atoms with E-state index in [0.717, 1.165) is 5.56 Å². The van der Waals surface area contributed by atoms with E-state index in [1.165, 1.54) is 12.1 Å². The SMILES string of the molecule is CC(C)c1ccccc1Oc1cc(F)c(Br)cc1N. The normalized spacial score (nSPS) is 10.8. The summed E-state index contributed by atoms with van der Waals surface area (Å²) in [6.45, 7) is 4.15. The molecule has 2 nitrogen and oxygen atoms in total. The maximum Gasteiger partial charge on any atom is 0.153 e. The quantitative estimate of drug-likeness (QED) is 0.799. The predicted molar refractivity (Wildman–Crippen MR) is 79.1 cm³/mol. The molecule has 19 heavy (non-hydrogen) atoms. The molecular weight excluding hydrogens is 309 g/mol. The topological polar surface area (TPSA) is 35.2 Å². The van der Waals surface area contributed by atoms with Crippen LogP contribution in [-0.4, -0.2) is 0 Å². The molecule has 0 heterocycles. The Morgan fingerprint density at radius 3 is 2.53 bits per heavy atom. The number of halogens is 2. The van der Waals surface area contributed by atoms with E-state index in [1.54, 1.807) is 0 Å². The number of para-hydroxylation sites is 1. The van der Waals surface area contributed by atoms with Crippen LogP contribution in [-0.2, 0) is 0 Å². The fourth-order valence-corrected chi connectivity index (χ4v) is 2.16. The summed E-state index contributed by atoms with van der Waals surface area (Å²) in [6.07, 6.45) is 0. The van der Waals surface area contributed by atoms with Crippen molar-refractivity contribution in [3.63, 3.8) is 0 Å². The molecule has 0 saturated carbocycles. The van der Waals surface area contributed by atoms with Crippen LogP contribution in [0.3, 0.4) is 0 Å². The van der Waals surface area contributed by atoms with Gasteiger partial charge in [0.2, 0.25) is 0 Å². The Morgan fingerprint density at radius 1 is 1.16 bits per heavy atom. The van der Waals surface area contributed by atoms with Crippen molar-refractivity contribution in [3.8, 4) is 11.5 Å². The van der Waals surface area contributed by atoms with Gasteiger partial charge < -0.3 is 10.5 Å². The first-order valence-electron chi connectivity index (χ1n) is 6.00. The Kier molecular flexibility index (Phi) is 4.10. The maximum atomic E-state index is 13.5. The highest BCUT2D eigenvalue weighted by Gasteiger charge is 2.12. The third kappa shape index (κ3) is 3.07. The van der Waals surface area contributed by atoms with Gasteiger partial charge in [0.15, 0.2) is 5.75 Å². The van der Waals surface area contributed by atoms with E-state index in [0.29, 0.717) is 27.6 Å². The van der Waals surface area contributed by atoms with Gasteiger partial charge in [0.05, 0.1) is 10.2 Å². The molecule has 0 radical (unpaired) electrons. The highest BCUT2D eigenvalue weighted by molar-refractivity contribution is 9.10. The number of hydrogen-bond donors (Lipinski definition) is 1. The summed E-state index contributed by atoms with van der Waals surface area (Å²) < 4.78 is 19.6. The Bertz CT molecular complexity index is 599. The molecule has 0 spiro atoms. The van der Waals surface area contributed by atoms with Crippen LogP contribution < -0.4 is 10.5 Å².